The Morgan fingerprint density at radius 2 is 1.90 bits per heavy atom. The molecule has 0 fully saturated rings. The number of ether oxygens (including phenoxy) is 1. The Morgan fingerprint density at radius 3 is 2.65 bits per heavy atom. The van der Waals surface area contributed by atoms with Crippen LogP contribution in [0.5, 0.6) is 5.75 Å². The van der Waals surface area contributed by atoms with Crippen molar-refractivity contribution >= 4 is 21.6 Å². The summed E-state index contributed by atoms with van der Waals surface area (Å²) < 4.78 is 6.98. The lowest BCUT2D eigenvalue weighted by atomic mass is 10.1. The number of hydrogen-bond acceptors (Lipinski definition) is 3. The summed E-state index contributed by atoms with van der Waals surface area (Å²) in [5.41, 5.74) is 4.01. The van der Waals surface area contributed by atoms with Crippen LogP contribution < -0.4 is 4.74 Å². The molecule has 0 radical (unpaired) electrons. The molecule has 0 bridgehead atoms. The summed E-state index contributed by atoms with van der Waals surface area (Å²) in [5.74, 6) is 0.879. The lowest BCUT2D eigenvalue weighted by Gasteiger charge is -2.10. The molecule has 20 heavy (non-hydrogen) atoms. The molecule has 102 valence electrons. The Hall–Kier alpha value is -1.81. The number of fused-ring (bicyclic) bond motifs is 1. The number of nitrogens with zero attached hydrogens (tertiary/aromatic N) is 1. The zero-order valence-electron chi connectivity index (χ0n) is 10.8. The van der Waals surface area contributed by atoms with Crippen molar-refractivity contribution in [2.45, 2.75) is 19.4 Å². The molecule has 0 aromatic heterocycles. The van der Waals surface area contributed by atoms with Gasteiger partial charge >= 0.3 is 0 Å². The summed E-state index contributed by atoms with van der Waals surface area (Å²) in [4.78, 5) is 0. The first-order chi connectivity index (χ1) is 9.78. The molecule has 0 saturated heterocycles. The predicted molar refractivity (Wildman–Crippen MR) is 81.6 cm³/mol. The summed E-state index contributed by atoms with van der Waals surface area (Å²) in [6.45, 7) is 0.537. The Bertz CT molecular complexity index is 650. The van der Waals surface area contributed by atoms with Gasteiger partial charge in [0.1, 0.15) is 12.4 Å². The maximum Gasteiger partial charge on any atom is 0.123 e. The van der Waals surface area contributed by atoms with Crippen LogP contribution in [-0.2, 0) is 13.0 Å². The second-order valence-electron chi connectivity index (χ2n) is 4.74. The molecule has 1 N–H and O–H groups in total. The van der Waals surface area contributed by atoms with E-state index in [-0.39, 0.29) is 0 Å². The van der Waals surface area contributed by atoms with Gasteiger partial charge in [-0.1, -0.05) is 45.4 Å². The highest BCUT2D eigenvalue weighted by atomic mass is 79.9. The van der Waals surface area contributed by atoms with E-state index < -0.39 is 0 Å². The van der Waals surface area contributed by atoms with Crippen molar-refractivity contribution in [3.05, 3.63) is 63.6 Å². The molecular formula is C16H14BrNO2. The van der Waals surface area contributed by atoms with Gasteiger partial charge in [0.25, 0.3) is 0 Å². The highest BCUT2D eigenvalue weighted by Gasteiger charge is 2.21. The molecule has 0 aliphatic heterocycles. The molecule has 0 heterocycles. The molecule has 0 saturated carbocycles. The van der Waals surface area contributed by atoms with Crippen molar-refractivity contribution in [3.8, 4) is 5.75 Å². The topological polar surface area (TPSA) is 41.8 Å². The van der Waals surface area contributed by atoms with Gasteiger partial charge in [0, 0.05) is 15.6 Å². The van der Waals surface area contributed by atoms with Crippen LogP contribution in [0.1, 0.15) is 23.1 Å². The molecule has 2 aromatic rings. The van der Waals surface area contributed by atoms with E-state index in [1.807, 2.05) is 42.5 Å². The predicted octanol–water partition coefficient (Wildman–Crippen LogP) is 4.15. The first-order valence-corrected chi connectivity index (χ1v) is 7.27. The van der Waals surface area contributed by atoms with Gasteiger partial charge in [-0.2, -0.15) is 0 Å². The van der Waals surface area contributed by atoms with Crippen LogP contribution in [0.15, 0.2) is 52.1 Å². The number of hydrogen-bond donors (Lipinski definition) is 1. The molecule has 0 amide bonds. The fourth-order valence-electron chi connectivity index (χ4n) is 2.45. The Kier molecular flexibility index (Phi) is 3.74. The third-order valence-corrected chi connectivity index (χ3v) is 4.01. The van der Waals surface area contributed by atoms with E-state index in [2.05, 4.69) is 21.1 Å². The molecule has 3 nitrogen and oxygen atoms in total. The highest BCUT2D eigenvalue weighted by Crippen LogP contribution is 2.31. The normalized spacial score (nSPS) is 15.3. The lowest BCUT2D eigenvalue weighted by Crippen LogP contribution is -1.99. The molecular weight excluding hydrogens is 318 g/mol. The van der Waals surface area contributed by atoms with Crippen LogP contribution in [-0.4, -0.2) is 10.9 Å². The number of halogens is 1. The maximum absolute atomic E-state index is 8.98. The highest BCUT2D eigenvalue weighted by molar-refractivity contribution is 9.10. The molecule has 4 heteroatoms. The van der Waals surface area contributed by atoms with Crippen molar-refractivity contribution in [3.63, 3.8) is 0 Å². The average Bonchev–Trinajstić information content (AvgIpc) is 2.90. The fourth-order valence-corrected chi connectivity index (χ4v) is 2.72. The number of rotatable bonds is 3. The zero-order valence-corrected chi connectivity index (χ0v) is 12.4. The maximum atomic E-state index is 8.98. The van der Waals surface area contributed by atoms with E-state index in [1.54, 1.807) is 0 Å². The van der Waals surface area contributed by atoms with Gasteiger partial charge in [0.2, 0.25) is 0 Å². The van der Waals surface area contributed by atoms with Gasteiger partial charge in [-0.3, -0.25) is 0 Å². The van der Waals surface area contributed by atoms with E-state index in [4.69, 9.17) is 9.94 Å². The number of benzene rings is 2. The van der Waals surface area contributed by atoms with Crippen molar-refractivity contribution in [1.82, 2.24) is 0 Å². The summed E-state index contributed by atoms with van der Waals surface area (Å²) in [6, 6.07) is 14.0. The van der Waals surface area contributed by atoms with Gasteiger partial charge in [0.15, 0.2) is 0 Å². The molecule has 0 unspecified atom stereocenters. The summed E-state index contributed by atoms with van der Waals surface area (Å²) in [7, 11) is 0. The summed E-state index contributed by atoms with van der Waals surface area (Å²) in [6.07, 6.45) is 1.63. The molecule has 1 aliphatic rings. The second-order valence-corrected chi connectivity index (χ2v) is 5.66. The minimum atomic E-state index is 0.537. The quantitative estimate of drug-likeness (QED) is 0.678. The van der Waals surface area contributed by atoms with Gasteiger partial charge in [0.05, 0.1) is 5.71 Å². The fraction of sp³-hybridized carbons (Fsp3) is 0.188. The Balaban J connectivity index is 1.79. The molecule has 2 aromatic carbocycles. The van der Waals surface area contributed by atoms with Crippen molar-refractivity contribution in [2.24, 2.45) is 5.16 Å². The van der Waals surface area contributed by atoms with Crippen molar-refractivity contribution in [1.29, 1.82) is 0 Å². The standard InChI is InChI=1S/C16H14BrNO2/c17-12-6-4-11(5-7-12)10-20-16-3-1-2-13-14(16)8-9-15(13)18-19/h1-7,19H,8-10H2. The monoisotopic (exact) mass is 331 g/mol. The lowest BCUT2D eigenvalue weighted by molar-refractivity contribution is 0.303. The van der Waals surface area contributed by atoms with Crippen LogP contribution in [0.2, 0.25) is 0 Å². The zero-order chi connectivity index (χ0) is 13.9. The van der Waals surface area contributed by atoms with Crippen LogP contribution in [0.25, 0.3) is 0 Å². The van der Waals surface area contributed by atoms with Crippen LogP contribution in [0.3, 0.4) is 0 Å². The van der Waals surface area contributed by atoms with Crippen molar-refractivity contribution < 1.29 is 9.94 Å². The summed E-state index contributed by atoms with van der Waals surface area (Å²) >= 11 is 3.42. The van der Waals surface area contributed by atoms with E-state index in [0.29, 0.717) is 6.61 Å². The minimum Gasteiger partial charge on any atom is -0.489 e. The van der Waals surface area contributed by atoms with Gasteiger partial charge in [-0.25, -0.2) is 0 Å². The molecule has 3 rings (SSSR count). The van der Waals surface area contributed by atoms with Crippen LogP contribution >= 0.6 is 15.9 Å². The van der Waals surface area contributed by atoms with E-state index in [0.717, 1.165) is 45.5 Å². The molecule has 0 atom stereocenters. The summed E-state index contributed by atoms with van der Waals surface area (Å²) in [5, 5.41) is 12.3. The van der Waals surface area contributed by atoms with Gasteiger partial charge in [-0.05, 0) is 36.6 Å². The van der Waals surface area contributed by atoms with E-state index >= 15 is 0 Å². The molecule has 1 aliphatic carbocycles. The average molecular weight is 332 g/mol. The number of oxime groups is 1. The van der Waals surface area contributed by atoms with Crippen LogP contribution in [0.4, 0.5) is 0 Å². The minimum absolute atomic E-state index is 0.537. The van der Waals surface area contributed by atoms with Gasteiger partial charge in [-0.15, -0.1) is 0 Å². The largest absolute Gasteiger partial charge is 0.489 e. The second kappa shape index (κ2) is 5.67. The first kappa shape index (κ1) is 13.2. The third-order valence-electron chi connectivity index (χ3n) is 3.48. The Morgan fingerprint density at radius 1 is 1.10 bits per heavy atom. The molecule has 0 spiro atoms. The first-order valence-electron chi connectivity index (χ1n) is 6.48. The third kappa shape index (κ3) is 2.56. The van der Waals surface area contributed by atoms with Crippen LogP contribution in [0, 0.1) is 0 Å². The van der Waals surface area contributed by atoms with Gasteiger partial charge < -0.3 is 9.94 Å². The van der Waals surface area contributed by atoms with E-state index in [9.17, 15) is 0 Å². The van der Waals surface area contributed by atoms with Crippen molar-refractivity contribution in [2.75, 3.05) is 0 Å². The SMILES string of the molecule is ON=C1CCc2c(OCc3ccc(Br)cc3)cccc21. The Labute approximate surface area is 126 Å². The van der Waals surface area contributed by atoms with E-state index in [1.165, 1.54) is 0 Å². The smallest absolute Gasteiger partial charge is 0.123 e.